The lowest BCUT2D eigenvalue weighted by molar-refractivity contribution is 0.394. The van der Waals surface area contributed by atoms with Gasteiger partial charge < -0.3 is 5.32 Å². The predicted molar refractivity (Wildman–Crippen MR) is 98.8 cm³/mol. The van der Waals surface area contributed by atoms with Gasteiger partial charge in [-0.1, -0.05) is 91.8 Å². The van der Waals surface area contributed by atoms with Crippen LogP contribution in [0, 0.1) is 0 Å². The zero-order valence-electron chi connectivity index (χ0n) is 14.0. The van der Waals surface area contributed by atoms with Crippen molar-refractivity contribution < 1.29 is 0 Å². The second kappa shape index (κ2) is 6.02. The van der Waals surface area contributed by atoms with Crippen LogP contribution in [0.2, 0.25) is 11.1 Å². The first-order valence-corrected chi connectivity index (χ1v) is 10.6. The molecule has 0 saturated carbocycles. The maximum atomic E-state index is 3.65. The molecule has 1 nitrogen and oxygen atoms in total. The normalized spacial score (nSPS) is 18.8. The van der Waals surface area contributed by atoms with Crippen molar-refractivity contribution in [3.05, 3.63) is 60.7 Å². The lowest BCUT2D eigenvalue weighted by atomic mass is 10.1. The van der Waals surface area contributed by atoms with Crippen molar-refractivity contribution in [1.82, 2.24) is 5.32 Å². The van der Waals surface area contributed by atoms with E-state index in [2.05, 4.69) is 86.8 Å². The van der Waals surface area contributed by atoms with E-state index in [0.29, 0.717) is 6.04 Å². The van der Waals surface area contributed by atoms with Crippen molar-refractivity contribution >= 4 is 18.4 Å². The molecule has 1 atom stereocenters. The number of rotatable bonds is 4. The fraction of sp³-hybridized carbons (Fsp3) is 0.400. The molecule has 3 rings (SSSR count). The Morgan fingerprint density at radius 3 is 1.68 bits per heavy atom. The summed E-state index contributed by atoms with van der Waals surface area (Å²) in [7, 11) is -1.84. The third-order valence-corrected chi connectivity index (χ3v) is 11.6. The molecular formula is C20H27NSi. The summed E-state index contributed by atoms with van der Waals surface area (Å²) in [5.74, 6) is 0. The molecule has 1 heterocycles. The van der Waals surface area contributed by atoms with Gasteiger partial charge in [-0.05, 0) is 24.0 Å². The van der Waals surface area contributed by atoms with Crippen LogP contribution in [0.3, 0.4) is 0 Å². The van der Waals surface area contributed by atoms with Gasteiger partial charge in [0, 0.05) is 6.04 Å². The van der Waals surface area contributed by atoms with Gasteiger partial charge in [0.1, 0.15) is 8.07 Å². The van der Waals surface area contributed by atoms with Gasteiger partial charge in [0.15, 0.2) is 0 Å². The highest BCUT2D eigenvalue weighted by Crippen LogP contribution is 2.40. The van der Waals surface area contributed by atoms with E-state index in [9.17, 15) is 0 Å². The summed E-state index contributed by atoms with van der Waals surface area (Å²) in [5, 5.41) is 7.08. The van der Waals surface area contributed by atoms with Gasteiger partial charge in [-0.15, -0.1) is 0 Å². The molecule has 0 bridgehead atoms. The van der Waals surface area contributed by atoms with Crippen molar-refractivity contribution in [2.75, 3.05) is 6.54 Å². The molecule has 1 aliphatic rings. The molecule has 1 fully saturated rings. The Kier molecular flexibility index (Phi) is 4.24. The highest BCUT2D eigenvalue weighted by atomic mass is 28.3. The molecule has 2 aromatic carbocycles. The average molecular weight is 310 g/mol. The number of hydrogen-bond acceptors (Lipinski definition) is 1. The van der Waals surface area contributed by atoms with E-state index in [1.807, 2.05) is 0 Å². The van der Waals surface area contributed by atoms with Crippen LogP contribution >= 0.6 is 0 Å². The first-order valence-electron chi connectivity index (χ1n) is 8.38. The fourth-order valence-corrected chi connectivity index (χ4v) is 9.67. The van der Waals surface area contributed by atoms with Crippen LogP contribution in [0.5, 0.6) is 0 Å². The van der Waals surface area contributed by atoms with Crippen LogP contribution < -0.4 is 15.7 Å². The molecular weight excluding hydrogens is 282 g/mol. The third kappa shape index (κ3) is 2.66. The molecule has 116 valence electrons. The number of nitrogens with one attached hydrogen (secondary N) is 1. The zero-order valence-corrected chi connectivity index (χ0v) is 15.0. The molecule has 0 amide bonds. The Morgan fingerprint density at radius 1 is 0.909 bits per heavy atom. The van der Waals surface area contributed by atoms with Crippen LogP contribution in [0.25, 0.3) is 0 Å². The van der Waals surface area contributed by atoms with Crippen molar-refractivity contribution in [1.29, 1.82) is 0 Å². The largest absolute Gasteiger partial charge is 0.314 e. The molecule has 1 aliphatic heterocycles. The van der Waals surface area contributed by atoms with E-state index < -0.39 is 8.07 Å². The topological polar surface area (TPSA) is 12.0 Å². The SMILES string of the molecule is CC(C)(C)[Si](C[C@H]1CCN1)(c1ccccc1)c1ccccc1. The lowest BCUT2D eigenvalue weighted by Gasteiger charge is -2.47. The second-order valence-electron chi connectivity index (χ2n) is 7.53. The number of benzene rings is 2. The van der Waals surface area contributed by atoms with E-state index in [1.165, 1.54) is 19.0 Å². The summed E-state index contributed by atoms with van der Waals surface area (Å²) in [6, 6.07) is 24.5. The van der Waals surface area contributed by atoms with E-state index >= 15 is 0 Å². The summed E-state index contributed by atoms with van der Waals surface area (Å²) in [6.07, 6.45) is 1.32. The van der Waals surface area contributed by atoms with E-state index in [0.717, 1.165) is 0 Å². The monoisotopic (exact) mass is 309 g/mol. The smallest absolute Gasteiger partial charge is 0.124 e. The summed E-state index contributed by atoms with van der Waals surface area (Å²) in [4.78, 5) is 0. The van der Waals surface area contributed by atoms with Gasteiger partial charge in [0.05, 0.1) is 0 Å². The fourth-order valence-electron chi connectivity index (χ4n) is 3.91. The van der Waals surface area contributed by atoms with Crippen molar-refractivity contribution in [3.8, 4) is 0 Å². The zero-order chi connectivity index (χ0) is 15.6. The van der Waals surface area contributed by atoms with E-state index in [1.54, 1.807) is 10.4 Å². The van der Waals surface area contributed by atoms with Crippen LogP contribution in [-0.2, 0) is 0 Å². The van der Waals surface area contributed by atoms with E-state index in [4.69, 9.17) is 0 Å². The highest BCUT2D eigenvalue weighted by molar-refractivity contribution is 7.04. The first-order chi connectivity index (χ1) is 10.5. The van der Waals surface area contributed by atoms with Gasteiger partial charge in [0.25, 0.3) is 0 Å². The predicted octanol–water partition coefficient (Wildman–Crippen LogP) is 3.41. The Labute approximate surface area is 135 Å². The molecule has 1 saturated heterocycles. The first kappa shape index (κ1) is 15.5. The molecule has 0 unspecified atom stereocenters. The summed E-state index contributed by atoms with van der Waals surface area (Å²) < 4.78 is 0. The maximum Gasteiger partial charge on any atom is 0.124 e. The van der Waals surface area contributed by atoms with Crippen molar-refractivity contribution in [2.24, 2.45) is 0 Å². The van der Waals surface area contributed by atoms with Crippen molar-refractivity contribution in [2.45, 2.75) is 44.3 Å². The Bertz CT molecular complexity index is 557. The van der Waals surface area contributed by atoms with Crippen molar-refractivity contribution in [3.63, 3.8) is 0 Å². The minimum Gasteiger partial charge on any atom is -0.314 e. The minimum absolute atomic E-state index is 0.285. The van der Waals surface area contributed by atoms with Crippen LogP contribution in [0.4, 0.5) is 0 Å². The van der Waals surface area contributed by atoms with Gasteiger partial charge in [0.2, 0.25) is 0 Å². The number of hydrogen-bond donors (Lipinski definition) is 1. The standard InChI is InChI=1S/C20H27NSi/c1-20(2,3)22(16-17-14-15-21-17,18-10-6-4-7-11-18)19-12-8-5-9-13-19/h4-13,17,21H,14-16H2,1-3H3/t17-/m1/s1. The van der Waals surface area contributed by atoms with Crippen LogP contribution in [-0.4, -0.2) is 20.7 Å². The van der Waals surface area contributed by atoms with Crippen LogP contribution in [0.15, 0.2) is 60.7 Å². The third-order valence-electron chi connectivity index (χ3n) is 5.29. The Morgan fingerprint density at radius 2 is 1.36 bits per heavy atom. The minimum atomic E-state index is -1.84. The lowest BCUT2D eigenvalue weighted by Crippen LogP contribution is -2.67. The van der Waals surface area contributed by atoms with E-state index in [-0.39, 0.29) is 5.04 Å². The van der Waals surface area contributed by atoms with Gasteiger partial charge >= 0.3 is 0 Å². The molecule has 1 N–H and O–H groups in total. The molecule has 0 spiro atoms. The average Bonchev–Trinajstić information content (AvgIpc) is 2.47. The van der Waals surface area contributed by atoms with Gasteiger partial charge in [-0.3, -0.25) is 0 Å². The summed E-state index contributed by atoms with van der Waals surface area (Å²) in [5.41, 5.74) is 0. The molecule has 2 heteroatoms. The molecule has 2 aromatic rings. The summed E-state index contributed by atoms with van der Waals surface area (Å²) >= 11 is 0. The molecule has 0 aliphatic carbocycles. The highest BCUT2D eigenvalue weighted by Gasteiger charge is 2.49. The molecule has 0 radical (unpaired) electrons. The van der Waals surface area contributed by atoms with Crippen LogP contribution in [0.1, 0.15) is 27.2 Å². The summed E-state index contributed by atoms with van der Waals surface area (Å²) in [6.45, 7) is 8.51. The Balaban J connectivity index is 2.17. The molecule has 22 heavy (non-hydrogen) atoms. The Hall–Kier alpha value is -1.38. The van der Waals surface area contributed by atoms with Gasteiger partial charge in [-0.2, -0.15) is 0 Å². The van der Waals surface area contributed by atoms with Gasteiger partial charge in [-0.25, -0.2) is 0 Å². The quantitative estimate of drug-likeness (QED) is 0.854. The molecule has 0 aromatic heterocycles. The second-order valence-corrected chi connectivity index (χ2v) is 12.4. The maximum absolute atomic E-state index is 3.65.